The van der Waals surface area contributed by atoms with Crippen molar-refractivity contribution in [2.45, 2.75) is 18.4 Å². The first-order chi connectivity index (χ1) is 15.7. The van der Waals surface area contributed by atoms with Crippen LogP contribution >= 0.6 is 11.9 Å². The van der Waals surface area contributed by atoms with Crippen molar-refractivity contribution < 1.29 is 5.11 Å². The second-order valence-electron chi connectivity index (χ2n) is 7.48. The minimum absolute atomic E-state index is 0.0546. The third kappa shape index (κ3) is 3.69. The van der Waals surface area contributed by atoms with Gasteiger partial charge in [-0.05, 0) is 66.9 Å². The Balaban J connectivity index is 1.58. The average molecular weight is 443 g/mol. The van der Waals surface area contributed by atoms with E-state index in [1.807, 2.05) is 65.7 Å². The lowest BCUT2D eigenvalue weighted by molar-refractivity contribution is 0.271. The molecule has 2 aromatic carbocycles. The molecular weight excluding hydrogens is 420 g/mol. The van der Waals surface area contributed by atoms with Crippen LogP contribution < -0.4 is 10.5 Å². The minimum atomic E-state index is 0.0546. The number of nitrogens with one attached hydrogen (secondary N) is 1. The predicted molar refractivity (Wildman–Crippen MR) is 130 cm³/mol. The zero-order valence-corrected chi connectivity index (χ0v) is 18.3. The number of aromatic nitrogens is 4. The van der Waals surface area contributed by atoms with Crippen molar-refractivity contribution in [2.24, 2.45) is 5.14 Å². The molecule has 3 heterocycles. The zero-order chi connectivity index (χ0) is 22.1. The van der Waals surface area contributed by atoms with Crippen LogP contribution in [0, 0.1) is 6.92 Å². The van der Waals surface area contributed by atoms with Crippen molar-refractivity contribution >= 4 is 45.1 Å². The van der Waals surface area contributed by atoms with Crippen LogP contribution in [0.2, 0.25) is 0 Å². The van der Waals surface area contributed by atoms with Crippen LogP contribution in [0.25, 0.3) is 32.9 Å². The lowest BCUT2D eigenvalue weighted by atomic mass is 9.98. The van der Waals surface area contributed by atoms with Gasteiger partial charge in [-0.15, -0.1) is 0 Å². The molecule has 0 unspecified atom stereocenters. The van der Waals surface area contributed by atoms with E-state index in [1.165, 1.54) is 11.9 Å². The highest BCUT2D eigenvalue weighted by atomic mass is 32.2. The molecule has 0 aliphatic rings. The number of rotatable bonds is 6. The van der Waals surface area contributed by atoms with Gasteiger partial charge < -0.3 is 10.4 Å². The summed E-state index contributed by atoms with van der Waals surface area (Å²) in [7, 11) is 0. The van der Waals surface area contributed by atoms with Gasteiger partial charge in [0.1, 0.15) is 5.82 Å². The van der Waals surface area contributed by atoms with Gasteiger partial charge in [0, 0.05) is 44.7 Å². The number of fused-ring (bicyclic) bond motifs is 2. The molecule has 160 valence electrons. The van der Waals surface area contributed by atoms with Crippen LogP contribution in [0.4, 0.5) is 11.5 Å². The fourth-order valence-electron chi connectivity index (χ4n) is 3.93. The van der Waals surface area contributed by atoms with Crippen LogP contribution in [0.3, 0.4) is 0 Å². The van der Waals surface area contributed by atoms with Crippen molar-refractivity contribution in [3.8, 4) is 11.3 Å². The van der Waals surface area contributed by atoms with Gasteiger partial charge in [0.05, 0.1) is 30.6 Å². The summed E-state index contributed by atoms with van der Waals surface area (Å²) >= 11 is 1.22. The molecule has 3 aromatic heterocycles. The summed E-state index contributed by atoms with van der Waals surface area (Å²) in [4.78, 5) is 10.3. The Hall–Kier alpha value is -3.46. The second kappa shape index (κ2) is 8.58. The highest BCUT2D eigenvalue weighted by Crippen LogP contribution is 2.34. The van der Waals surface area contributed by atoms with E-state index >= 15 is 0 Å². The number of aliphatic hydroxyl groups is 1. The highest BCUT2D eigenvalue weighted by molar-refractivity contribution is 7.97. The summed E-state index contributed by atoms with van der Waals surface area (Å²) in [5.41, 5.74) is 5.00. The molecule has 0 atom stereocenters. The van der Waals surface area contributed by atoms with E-state index in [0.29, 0.717) is 6.54 Å². The average Bonchev–Trinajstić information content (AvgIpc) is 3.24. The van der Waals surface area contributed by atoms with Gasteiger partial charge >= 0.3 is 0 Å². The Bertz CT molecular complexity index is 1410. The molecule has 4 N–H and O–H groups in total. The fraction of sp³-hybridized carbons (Fsp3) is 0.125. The minimum Gasteiger partial charge on any atom is -0.394 e. The van der Waals surface area contributed by atoms with E-state index in [4.69, 9.17) is 10.1 Å². The van der Waals surface area contributed by atoms with Crippen LogP contribution in [0.5, 0.6) is 0 Å². The van der Waals surface area contributed by atoms with Crippen molar-refractivity contribution in [2.75, 3.05) is 11.9 Å². The topological polar surface area (TPSA) is 102 Å². The number of nitrogens with zero attached hydrogens (tertiary/aromatic N) is 4. The maximum atomic E-state index is 9.29. The van der Waals surface area contributed by atoms with Gasteiger partial charge in [0.25, 0.3) is 0 Å². The largest absolute Gasteiger partial charge is 0.394 e. The second-order valence-corrected chi connectivity index (χ2v) is 8.19. The molecule has 7 nitrogen and oxygen atoms in total. The first kappa shape index (κ1) is 20.4. The maximum Gasteiger partial charge on any atom is 0.130 e. The highest BCUT2D eigenvalue weighted by Gasteiger charge is 2.14. The molecular formula is C24H22N6OS. The SMILES string of the molecule is Cc1c(-c2nccc3cnc(Nc4ccc(SN)cc4)cc23)ccc2c1cnn2CCO. The van der Waals surface area contributed by atoms with Crippen molar-refractivity contribution in [1.82, 2.24) is 19.7 Å². The Morgan fingerprint density at radius 3 is 2.66 bits per heavy atom. The van der Waals surface area contributed by atoms with Gasteiger partial charge in [-0.1, -0.05) is 6.07 Å². The smallest absolute Gasteiger partial charge is 0.130 e. The van der Waals surface area contributed by atoms with E-state index in [0.717, 1.165) is 54.9 Å². The monoisotopic (exact) mass is 442 g/mol. The van der Waals surface area contributed by atoms with E-state index in [1.54, 1.807) is 0 Å². The van der Waals surface area contributed by atoms with Crippen LogP contribution in [0.1, 0.15) is 5.56 Å². The van der Waals surface area contributed by atoms with Gasteiger partial charge in [0.15, 0.2) is 0 Å². The van der Waals surface area contributed by atoms with E-state index in [2.05, 4.69) is 28.4 Å². The van der Waals surface area contributed by atoms with Crippen LogP contribution in [-0.4, -0.2) is 31.5 Å². The predicted octanol–water partition coefficient (Wildman–Crippen LogP) is 4.66. The number of anilines is 2. The Labute approximate surface area is 189 Å². The third-order valence-corrected chi connectivity index (χ3v) is 6.12. The fourth-order valence-corrected chi connectivity index (χ4v) is 4.23. The van der Waals surface area contributed by atoms with Gasteiger partial charge in [0.2, 0.25) is 0 Å². The molecule has 0 spiro atoms. The number of nitrogens with two attached hydrogens (primary N) is 1. The molecule has 0 aliphatic carbocycles. The van der Waals surface area contributed by atoms with E-state index in [-0.39, 0.29) is 6.61 Å². The summed E-state index contributed by atoms with van der Waals surface area (Å²) in [5.74, 6) is 0.745. The lowest BCUT2D eigenvalue weighted by Gasteiger charge is -2.12. The summed E-state index contributed by atoms with van der Waals surface area (Å²) in [6, 6.07) is 16.0. The Kier molecular flexibility index (Phi) is 5.48. The molecule has 0 fully saturated rings. The summed E-state index contributed by atoms with van der Waals surface area (Å²) in [5, 5.41) is 25.8. The molecule has 32 heavy (non-hydrogen) atoms. The van der Waals surface area contributed by atoms with Crippen LogP contribution in [0.15, 0.2) is 72.0 Å². The number of aliphatic hydroxyl groups excluding tert-OH is 1. The Morgan fingerprint density at radius 1 is 1.03 bits per heavy atom. The molecule has 0 bridgehead atoms. The molecule has 8 heteroatoms. The van der Waals surface area contributed by atoms with Gasteiger partial charge in [-0.25, -0.2) is 4.98 Å². The van der Waals surface area contributed by atoms with Crippen molar-refractivity contribution in [3.63, 3.8) is 0 Å². The van der Waals surface area contributed by atoms with Crippen molar-refractivity contribution in [3.05, 3.63) is 72.7 Å². The third-order valence-electron chi connectivity index (χ3n) is 5.57. The summed E-state index contributed by atoms with van der Waals surface area (Å²) in [6.45, 7) is 2.61. The number of hydrogen-bond acceptors (Lipinski definition) is 7. The van der Waals surface area contributed by atoms with Crippen molar-refractivity contribution in [1.29, 1.82) is 0 Å². The molecule has 5 rings (SSSR count). The van der Waals surface area contributed by atoms with Gasteiger partial charge in [-0.3, -0.25) is 14.8 Å². The van der Waals surface area contributed by atoms with Gasteiger partial charge in [-0.2, -0.15) is 5.10 Å². The molecule has 0 radical (unpaired) electrons. The molecule has 0 amide bonds. The molecule has 0 aliphatic heterocycles. The van der Waals surface area contributed by atoms with E-state index < -0.39 is 0 Å². The summed E-state index contributed by atoms with van der Waals surface area (Å²) < 4.78 is 1.82. The standard InChI is InChI=1S/C24H22N6OS/c1-15-19(6-7-22-21(15)14-28-30(22)10-11-31)24-20-12-23(27-13-16(20)8-9-26-24)29-17-2-4-18(32-25)5-3-17/h2-9,12-14,31H,10-11,25H2,1H3,(H,27,29). The number of benzene rings is 2. The lowest BCUT2D eigenvalue weighted by Crippen LogP contribution is -2.03. The number of pyridine rings is 2. The normalized spacial score (nSPS) is 11.3. The first-order valence-corrected chi connectivity index (χ1v) is 11.1. The molecule has 0 saturated heterocycles. The number of hydrogen-bond donors (Lipinski definition) is 3. The number of aryl methyl sites for hydroxylation is 1. The maximum absolute atomic E-state index is 9.29. The van der Waals surface area contributed by atoms with E-state index in [9.17, 15) is 5.11 Å². The summed E-state index contributed by atoms with van der Waals surface area (Å²) in [6.07, 6.45) is 5.53. The molecule has 0 saturated carbocycles. The first-order valence-electron chi connectivity index (χ1n) is 10.2. The van der Waals surface area contributed by atoms with Crippen LogP contribution in [-0.2, 0) is 6.54 Å². The zero-order valence-electron chi connectivity index (χ0n) is 17.5. The quantitative estimate of drug-likeness (QED) is 0.329. The Morgan fingerprint density at radius 2 is 1.88 bits per heavy atom. The molecule has 5 aromatic rings.